The van der Waals surface area contributed by atoms with E-state index < -0.39 is 22.3 Å². The van der Waals surface area contributed by atoms with Crippen LogP contribution in [0, 0.1) is 17.5 Å². The molecular formula is C11H4Br3F3S. The molecular weight excluding hydrogens is 461 g/mol. The second-order valence-corrected chi connectivity index (χ2v) is 7.59. The van der Waals surface area contributed by atoms with Crippen molar-refractivity contribution in [1.29, 1.82) is 0 Å². The largest absolute Gasteiger partial charge is 0.207 e. The van der Waals surface area contributed by atoms with Crippen molar-refractivity contribution in [2.24, 2.45) is 0 Å². The Morgan fingerprint density at radius 3 is 2.11 bits per heavy atom. The van der Waals surface area contributed by atoms with Gasteiger partial charge in [-0.1, -0.05) is 15.9 Å². The molecule has 0 aliphatic rings. The molecule has 0 aliphatic carbocycles. The quantitative estimate of drug-likeness (QED) is 0.368. The standard InChI is InChI=1S/C11H4Br3F3S/c12-5-2-9(18-11(5)14)10(13)4-1-7(16)8(17)3-6(4)15/h1-3,10H. The molecule has 0 radical (unpaired) electrons. The number of hydrogen-bond donors (Lipinski definition) is 0. The predicted molar refractivity (Wildman–Crippen MR) is 76.8 cm³/mol. The van der Waals surface area contributed by atoms with Gasteiger partial charge in [-0.2, -0.15) is 0 Å². The minimum absolute atomic E-state index is 0.0650. The molecule has 1 aromatic heterocycles. The average molecular weight is 465 g/mol. The van der Waals surface area contributed by atoms with Gasteiger partial charge in [0, 0.05) is 21.0 Å². The lowest BCUT2D eigenvalue weighted by molar-refractivity contribution is 0.491. The fraction of sp³-hybridized carbons (Fsp3) is 0.0909. The molecule has 1 atom stereocenters. The van der Waals surface area contributed by atoms with E-state index in [2.05, 4.69) is 47.8 Å². The molecule has 2 aromatic rings. The van der Waals surface area contributed by atoms with Gasteiger partial charge >= 0.3 is 0 Å². The smallest absolute Gasteiger partial charge is 0.161 e. The molecule has 1 heterocycles. The molecule has 0 saturated heterocycles. The number of thiophene rings is 1. The van der Waals surface area contributed by atoms with E-state index >= 15 is 0 Å². The molecule has 96 valence electrons. The van der Waals surface area contributed by atoms with Crippen LogP contribution in [0.4, 0.5) is 13.2 Å². The second-order valence-electron chi connectivity index (χ2n) is 3.42. The molecule has 1 unspecified atom stereocenters. The van der Waals surface area contributed by atoms with E-state index in [-0.39, 0.29) is 5.56 Å². The van der Waals surface area contributed by atoms with Crippen molar-refractivity contribution in [2.75, 3.05) is 0 Å². The van der Waals surface area contributed by atoms with Crippen LogP contribution in [-0.2, 0) is 0 Å². The highest BCUT2D eigenvalue weighted by Crippen LogP contribution is 2.42. The van der Waals surface area contributed by atoms with Crippen LogP contribution in [0.3, 0.4) is 0 Å². The van der Waals surface area contributed by atoms with Crippen LogP contribution in [0.1, 0.15) is 15.3 Å². The van der Waals surface area contributed by atoms with Crippen molar-refractivity contribution in [3.8, 4) is 0 Å². The summed E-state index contributed by atoms with van der Waals surface area (Å²) in [6.07, 6.45) is 0. The Balaban J connectivity index is 2.45. The molecule has 0 bridgehead atoms. The molecule has 0 aliphatic heterocycles. The highest BCUT2D eigenvalue weighted by molar-refractivity contribution is 9.13. The number of hydrogen-bond acceptors (Lipinski definition) is 1. The summed E-state index contributed by atoms with van der Waals surface area (Å²) in [5.41, 5.74) is 0.0650. The molecule has 0 fully saturated rings. The molecule has 7 heteroatoms. The number of benzene rings is 1. The lowest BCUT2D eigenvalue weighted by Gasteiger charge is -2.09. The zero-order valence-electron chi connectivity index (χ0n) is 8.49. The first kappa shape index (κ1) is 14.6. The van der Waals surface area contributed by atoms with E-state index in [9.17, 15) is 13.2 Å². The molecule has 0 nitrogen and oxygen atoms in total. The molecule has 1 aromatic carbocycles. The van der Waals surface area contributed by atoms with Gasteiger partial charge in [-0.3, -0.25) is 0 Å². The van der Waals surface area contributed by atoms with E-state index in [1.165, 1.54) is 11.3 Å². The maximum Gasteiger partial charge on any atom is 0.161 e. The monoisotopic (exact) mass is 462 g/mol. The van der Waals surface area contributed by atoms with Crippen molar-refractivity contribution in [1.82, 2.24) is 0 Å². The van der Waals surface area contributed by atoms with E-state index in [4.69, 9.17) is 0 Å². The number of halogens is 6. The molecule has 0 saturated carbocycles. The molecule has 18 heavy (non-hydrogen) atoms. The van der Waals surface area contributed by atoms with Crippen LogP contribution in [0.25, 0.3) is 0 Å². The Hall–Kier alpha value is 0.150. The zero-order valence-corrected chi connectivity index (χ0v) is 14.1. The first-order valence-corrected chi connectivity index (χ1v) is 7.95. The van der Waals surface area contributed by atoms with Gasteiger partial charge in [-0.25, -0.2) is 13.2 Å². The van der Waals surface area contributed by atoms with Crippen LogP contribution >= 0.6 is 59.1 Å². The van der Waals surface area contributed by atoms with Gasteiger partial charge in [0.1, 0.15) is 5.82 Å². The van der Waals surface area contributed by atoms with Crippen LogP contribution < -0.4 is 0 Å². The van der Waals surface area contributed by atoms with Crippen LogP contribution in [0.5, 0.6) is 0 Å². The van der Waals surface area contributed by atoms with Crippen molar-refractivity contribution in [3.63, 3.8) is 0 Å². The number of alkyl halides is 1. The Morgan fingerprint density at radius 2 is 1.56 bits per heavy atom. The first-order chi connectivity index (χ1) is 8.40. The first-order valence-electron chi connectivity index (χ1n) is 4.63. The summed E-state index contributed by atoms with van der Waals surface area (Å²) in [5, 5.41) is 0. The van der Waals surface area contributed by atoms with Gasteiger partial charge in [-0.15, -0.1) is 11.3 Å². The fourth-order valence-corrected chi connectivity index (χ4v) is 4.22. The van der Waals surface area contributed by atoms with E-state index in [1.807, 2.05) is 0 Å². The average Bonchev–Trinajstić information content (AvgIpc) is 2.63. The fourth-order valence-electron chi connectivity index (χ4n) is 1.37. The van der Waals surface area contributed by atoms with Gasteiger partial charge in [0.15, 0.2) is 11.6 Å². The maximum atomic E-state index is 13.6. The minimum atomic E-state index is -1.19. The van der Waals surface area contributed by atoms with Gasteiger partial charge in [-0.05, 0) is 44.0 Å². The highest BCUT2D eigenvalue weighted by atomic mass is 79.9. The SMILES string of the molecule is Fc1cc(F)c(C(Br)c2cc(Br)c(Br)s2)cc1F. The zero-order chi connectivity index (χ0) is 13.4. The maximum absolute atomic E-state index is 13.6. The number of rotatable bonds is 2. The van der Waals surface area contributed by atoms with Crippen molar-refractivity contribution < 1.29 is 13.2 Å². The predicted octanol–water partition coefficient (Wildman–Crippen LogP) is 6.17. The normalized spacial score (nSPS) is 12.8. The van der Waals surface area contributed by atoms with Crippen LogP contribution in [0.2, 0.25) is 0 Å². The summed E-state index contributed by atoms with van der Waals surface area (Å²) >= 11 is 11.3. The minimum Gasteiger partial charge on any atom is -0.207 e. The Kier molecular flexibility index (Phi) is 4.57. The topological polar surface area (TPSA) is 0 Å². The third-order valence-corrected chi connectivity index (χ3v) is 6.84. The van der Waals surface area contributed by atoms with E-state index in [0.29, 0.717) is 6.07 Å². The Bertz CT molecular complexity index is 578. The van der Waals surface area contributed by atoms with Crippen molar-refractivity contribution >= 4 is 59.1 Å². The molecule has 0 N–H and O–H groups in total. The summed E-state index contributed by atoms with van der Waals surface area (Å²) in [6, 6.07) is 3.21. The third kappa shape index (κ3) is 2.84. The molecule has 0 spiro atoms. The van der Waals surface area contributed by atoms with E-state index in [1.54, 1.807) is 6.07 Å². The van der Waals surface area contributed by atoms with Crippen molar-refractivity contribution in [2.45, 2.75) is 4.83 Å². The van der Waals surface area contributed by atoms with Crippen LogP contribution in [0.15, 0.2) is 26.5 Å². The van der Waals surface area contributed by atoms with Gasteiger partial charge in [0.25, 0.3) is 0 Å². The summed E-state index contributed by atoms with van der Waals surface area (Å²) in [5.74, 6) is -3.04. The summed E-state index contributed by atoms with van der Waals surface area (Å²) < 4.78 is 41.3. The lowest BCUT2D eigenvalue weighted by Crippen LogP contribution is -1.98. The highest BCUT2D eigenvalue weighted by Gasteiger charge is 2.20. The summed E-state index contributed by atoms with van der Waals surface area (Å²) in [7, 11) is 0. The lowest BCUT2D eigenvalue weighted by atomic mass is 10.1. The molecule has 2 rings (SSSR count). The Labute approximate surface area is 131 Å². The van der Waals surface area contributed by atoms with Crippen LogP contribution in [-0.4, -0.2) is 0 Å². The van der Waals surface area contributed by atoms with Gasteiger partial charge in [0.2, 0.25) is 0 Å². The Morgan fingerprint density at radius 1 is 0.944 bits per heavy atom. The van der Waals surface area contributed by atoms with Gasteiger partial charge < -0.3 is 0 Å². The van der Waals surface area contributed by atoms with Gasteiger partial charge in [0.05, 0.1) is 8.61 Å². The van der Waals surface area contributed by atoms with Crippen molar-refractivity contribution in [3.05, 3.63) is 54.4 Å². The second kappa shape index (κ2) is 5.64. The third-order valence-electron chi connectivity index (χ3n) is 2.23. The van der Waals surface area contributed by atoms with E-state index in [0.717, 1.165) is 19.2 Å². The summed E-state index contributed by atoms with van der Waals surface area (Å²) in [6.45, 7) is 0. The summed E-state index contributed by atoms with van der Waals surface area (Å²) in [4.78, 5) is 0.249. The molecule has 0 amide bonds.